The summed E-state index contributed by atoms with van der Waals surface area (Å²) in [4.78, 5) is 16.4. The van der Waals surface area contributed by atoms with E-state index in [4.69, 9.17) is 10.2 Å². The molecule has 11 heteroatoms. The third-order valence-corrected chi connectivity index (χ3v) is 7.53. The van der Waals surface area contributed by atoms with Gasteiger partial charge in [-0.25, -0.2) is 18.2 Å². The van der Waals surface area contributed by atoms with Gasteiger partial charge in [-0.3, -0.25) is 9.29 Å². The first-order chi connectivity index (χ1) is 14.9. The molecule has 0 bridgehead atoms. The van der Waals surface area contributed by atoms with Crippen LogP contribution in [0.15, 0.2) is 56.8 Å². The maximum Gasteiger partial charge on any atom is 0.420 e. The maximum absolute atomic E-state index is 12.6. The van der Waals surface area contributed by atoms with Crippen molar-refractivity contribution < 1.29 is 12.8 Å². The molecule has 0 fully saturated rings. The van der Waals surface area contributed by atoms with E-state index in [1.807, 2.05) is 12.1 Å². The normalized spacial score (nSPS) is 16.4. The van der Waals surface area contributed by atoms with Crippen LogP contribution in [0, 0.1) is 0 Å². The van der Waals surface area contributed by atoms with Crippen molar-refractivity contribution in [1.29, 1.82) is 0 Å². The van der Waals surface area contributed by atoms with Crippen LogP contribution in [-0.4, -0.2) is 28.4 Å². The molecule has 2 heterocycles. The van der Waals surface area contributed by atoms with E-state index < -0.39 is 15.8 Å². The molecule has 1 aliphatic carbocycles. The Morgan fingerprint density at radius 1 is 1.29 bits per heavy atom. The van der Waals surface area contributed by atoms with Crippen molar-refractivity contribution in [1.82, 2.24) is 13.9 Å². The lowest BCUT2D eigenvalue weighted by Gasteiger charge is -2.24. The molecule has 9 nitrogen and oxygen atoms in total. The summed E-state index contributed by atoms with van der Waals surface area (Å²) in [6.45, 7) is 0.330. The first kappa shape index (κ1) is 19.9. The van der Waals surface area contributed by atoms with Crippen molar-refractivity contribution in [2.75, 3.05) is 4.72 Å². The van der Waals surface area contributed by atoms with Gasteiger partial charge in [-0.1, -0.05) is 18.2 Å². The van der Waals surface area contributed by atoms with Crippen molar-refractivity contribution in [2.24, 2.45) is 5.73 Å². The summed E-state index contributed by atoms with van der Waals surface area (Å²) in [6.07, 6.45) is 3.91. The Balaban J connectivity index is 1.51. The van der Waals surface area contributed by atoms with Gasteiger partial charge in [-0.05, 0) is 48.1 Å². The van der Waals surface area contributed by atoms with Gasteiger partial charge in [0.05, 0.1) is 17.0 Å². The molecule has 0 radical (unpaired) electrons. The van der Waals surface area contributed by atoms with Gasteiger partial charge >= 0.3 is 5.76 Å². The standard InChI is InChI=1S/C20H19N5O4S2/c21-14-5-4-12-2-1-3-13(16(12)8-14)10-25-17-7-6-15(9-18(17)29-20(25)26)31(27,28)24-19-22-11-23-30-19/h1-3,6-7,9,11,14H,4-5,8,10,21H2,(H,22,23,24)/t14-/m0/s1. The van der Waals surface area contributed by atoms with Gasteiger partial charge in [-0.15, -0.1) is 0 Å². The number of nitrogens with two attached hydrogens (primary N) is 1. The molecule has 2 aromatic heterocycles. The van der Waals surface area contributed by atoms with Crippen LogP contribution in [0.4, 0.5) is 5.13 Å². The smallest absolute Gasteiger partial charge is 0.408 e. The summed E-state index contributed by atoms with van der Waals surface area (Å²) in [7, 11) is -3.88. The summed E-state index contributed by atoms with van der Waals surface area (Å²) in [5.41, 5.74) is 10.4. The van der Waals surface area contributed by atoms with Gasteiger partial charge in [0.15, 0.2) is 5.58 Å². The molecular weight excluding hydrogens is 438 g/mol. The number of aryl methyl sites for hydroxylation is 1. The lowest BCUT2D eigenvalue weighted by molar-refractivity contribution is 0.514. The molecule has 2 aromatic carbocycles. The number of sulfonamides is 1. The Kier molecular flexibility index (Phi) is 4.88. The molecule has 160 valence electrons. The van der Waals surface area contributed by atoms with Gasteiger partial charge in [-0.2, -0.15) is 4.37 Å². The number of nitrogens with zero attached hydrogens (tertiary/aromatic N) is 3. The largest absolute Gasteiger partial charge is 0.420 e. The quantitative estimate of drug-likeness (QED) is 0.469. The van der Waals surface area contributed by atoms with Gasteiger partial charge in [0.25, 0.3) is 10.0 Å². The highest BCUT2D eigenvalue weighted by atomic mass is 32.2. The number of hydrogen-bond acceptors (Lipinski definition) is 8. The van der Waals surface area contributed by atoms with E-state index in [9.17, 15) is 13.2 Å². The van der Waals surface area contributed by atoms with Gasteiger partial charge in [0.2, 0.25) is 5.13 Å². The summed E-state index contributed by atoms with van der Waals surface area (Å²) in [6, 6.07) is 10.6. The third-order valence-electron chi connectivity index (χ3n) is 5.48. The highest BCUT2D eigenvalue weighted by Gasteiger charge is 2.21. The molecule has 1 aliphatic rings. The molecule has 0 unspecified atom stereocenters. The maximum atomic E-state index is 12.6. The van der Waals surface area contributed by atoms with E-state index >= 15 is 0 Å². The third kappa shape index (κ3) is 3.75. The SMILES string of the molecule is N[C@H]1CCc2cccc(Cn3c(=O)oc4cc(S(=O)(=O)Nc5ncns5)ccc43)c2C1. The second-order valence-corrected chi connectivity index (χ2v) is 9.96. The van der Waals surface area contributed by atoms with Crippen LogP contribution in [0.3, 0.4) is 0 Å². The first-order valence-electron chi connectivity index (χ1n) is 9.69. The van der Waals surface area contributed by atoms with Crippen molar-refractivity contribution in [3.8, 4) is 0 Å². The second kappa shape index (κ2) is 7.59. The van der Waals surface area contributed by atoms with Crippen LogP contribution in [0.1, 0.15) is 23.1 Å². The van der Waals surface area contributed by atoms with E-state index in [0.29, 0.717) is 12.1 Å². The van der Waals surface area contributed by atoms with Crippen molar-refractivity contribution >= 4 is 37.8 Å². The summed E-state index contributed by atoms with van der Waals surface area (Å²) in [5, 5.41) is 0.158. The molecule has 0 amide bonds. The van der Waals surface area contributed by atoms with Gasteiger partial charge in [0.1, 0.15) is 6.33 Å². The minimum atomic E-state index is -3.88. The number of nitrogens with one attached hydrogen (secondary N) is 1. The minimum Gasteiger partial charge on any atom is -0.408 e. The number of rotatable bonds is 5. The molecule has 5 rings (SSSR count). The molecule has 4 aromatic rings. The molecule has 0 saturated heterocycles. The number of hydrogen-bond donors (Lipinski definition) is 2. The second-order valence-electron chi connectivity index (χ2n) is 7.49. The molecular formula is C20H19N5O4S2. The fourth-order valence-electron chi connectivity index (χ4n) is 3.96. The zero-order valence-electron chi connectivity index (χ0n) is 16.3. The Hall–Kier alpha value is -3.02. The Labute approximate surface area is 181 Å². The van der Waals surface area contributed by atoms with E-state index in [1.165, 1.54) is 34.2 Å². The van der Waals surface area contributed by atoms with Crippen LogP contribution in [-0.2, 0) is 29.4 Å². The lowest BCUT2D eigenvalue weighted by Crippen LogP contribution is -2.29. The Bertz CT molecular complexity index is 1420. The Morgan fingerprint density at radius 2 is 2.16 bits per heavy atom. The number of benzene rings is 2. The molecule has 0 spiro atoms. The molecule has 3 N–H and O–H groups in total. The molecule has 1 atom stereocenters. The van der Waals surface area contributed by atoms with Crippen LogP contribution >= 0.6 is 11.5 Å². The average Bonchev–Trinajstić information content (AvgIpc) is 3.35. The molecule has 0 saturated carbocycles. The predicted molar refractivity (Wildman–Crippen MR) is 117 cm³/mol. The van der Waals surface area contributed by atoms with Crippen molar-refractivity contribution in [2.45, 2.75) is 36.7 Å². The number of oxazole rings is 1. The topological polar surface area (TPSA) is 133 Å². The van der Waals surface area contributed by atoms with Crippen LogP contribution in [0.5, 0.6) is 0 Å². The fraction of sp³-hybridized carbons (Fsp3) is 0.250. The molecule has 0 aliphatic heterocycles. The summed E-state index contributed by atoms with van der Waals surface area (Å²) in [5.74, 6) is -0.542. The van der Waals surface area contributed by atoms with E-state index in [2.05, 4.69) is 20.1 Å². The number of anilines is 1. The fourth-order valence-corrected chi connectivity index (χ4v) is 5.64. The monoisotopic (exact) mass is 457 g/mol. The number of aromatic nitrogens is 3. The van der Waals surface area contributed by atoms with Crippen molar-refractivity contribution in [3.63, 3.8) is 0 Å². The average molecular weight is 458 g/mol. The predicted octanol–water partition coefficient (Wildman–Crippen LogP) is 2.11. The summed E-state index contributed by atoms with van der Waals surface area (Å²) >= 11 is 0.929. The van der Waals surface area contributed by atoms with Gasteiger partial charge < -0.3 is 10.2 Å². The lowest BCUT2D eigenvalue weighted by atomic mass is 9.85. The Morgan fingerprint density at radius 3 is 2.97 bits per heavy atom. The first-order valence-corrected chi connectivity index (χ1v) is 11.9. The number of fused-ring (bicyclic) bond motifs is 2. The van der Waals surface area contributed by atoms with Gasteiger partial charge in [0, 0.05) is 23.6 Å². The minimum absolute atomic E-state index is 0.0286. The highest BCUT2D eigenvalue weighted by Crippen LogP contribution is 2.26. The van der Waals surface area contributed by atoms with E-state index in [0.717, 1.165) is 36.4 Å². The highest BCUT2D eigenvalue weighted by molar-refractivity contribution is 7.93. The zero-order chi connectivity index (χ0) is 21.6. The van der Waals surface area contributed by atoms with Crippen molar-refractivity contribution in [3.05, 3.63) is 70.0 Å². The van der Waals surface area contributed by atoms with Crippen LogP contribution < -0.4 is 16.2 Å². The van der Waals surface area contributed by atoms with Crippen LogP contribution in [0.2, 0.25) is 0 Å². The van der Waals surface area contributed by atoms with Crippen LogP contribution in [0.25, 0.3) is 11.1 Å². The van der Waals surface area contributed by atoms with E-state index in [-0.39, 0.29) is 21.7 Å². The summed E-state index contributed by atoms with van der Waals surface area (Å²) < 4.78 is 38.2. The van der Waals surface area contributed by atoms with E-state index in [1.54, 1.807) is 6.07 Å². The zero-order valence-corrected chi connectivity index (χ0v) is 17.9. The molecule has 31 heavy (non-hydrogen) atoms.